The molecule has 80 valence electrons. The Labute approximate surface area is 91.1 Å². The first kappa shape index (κ1) is 10.4. The van der Waals surface area contributed by atoms with Crippen molar-refractivity contribution in [3.63, 3.8) is 0 Å². The summed E-state index contributed by atoms with van der Waals surface area (Å²) in [6.07, 6.45) is 6.82. The number of hydrogen-bond donors (Lipinski definition) is 0. The van der Waals surface area contributed by atoms with Gasteiger partial charge in [0, 0.05) is 12.8 Å². The molecule has 0 aliphatic carbocycles. The summed E-state index contributed by atoms with van der Waals surface area (Å²) in [5, 5.41) is 9.43. The van der Waals surface area contributed by atoms with Gasteiger partial charge in [-0.1, -0.05) is 0 Å². The highest BCUT2D eigenvalue weighted by atomic mass is 15.1. The zero-order valence-electron chi connectivity index (χ0n) is 9.24. The van der Waals surface area contributed by atoms with E-state index in [4.69, 9.17) is 0 Å². The van der Waals surface area contributed by atoms with Gasteiger partial charge in [0.15, 0.2) is 0 Å². The van der Waals surface area contributed by atoms with E-state index in [1.807, 2.05) is 6.21 Å². The highest BCUT2D eigenvalue weighted by molar-refractivity contribution is 5.74. The predicted molar refractivity (Wildman–Crippen MR) is 60.8 cm³/mol. The number of dihydropyridines is 1. The van der Waals surface area contributed by atoms with Gasteiger partial charge in [0.1, 0.15) is 0 Å². The van der Waals surface area contributed by atoms with Crippen LogP contribution in [0, 0.1) is 16.7 Å². The topological polar surface area (TPSA) is 39.4 Å². The monoisotopic (exact) mass is 203 g/mol. The SMILES string of the molecule is CN1CCC(C#N)(C2=CC=NCC2)CC1. The Hall–Kier alpha value is -1.14. The van der Waals surface area contributed by atoms with Crippen LogP contribution in [0.25, 0.3) is 0 Å². The van der Waals surface area contributed by atoms with Gasteiger partial charge < -0.3 is 4.90 Å². The molecule has 15 heavy (non-hydrogen) atoms. The van der Waals surface area contributed by atoms with Crippen molar-refractivity contribution < 1.29 is 0 Å². The molecule has 0 spiro atoms. The maximum Gasteiger partial charge on any atom is 0.0811 e. The third-order valence-corrected chi connectivity index (χ3v) is 3.56. The molecule has 3 nitrogen and oxygen atoms in total. The molecule has 0 unspecified atom stereocenters. The maximum absolute atomic E-state index is 9.43. The molecule has 2 aliphatic rings. The van der Waals surface area contributed by atoms with Crippen molar-refractivity contribution in [1.82, 2.24) is 4.90 Å². The van der Waals surface area contributed by atoms with Crippen LogP contribution in [0.4, 0.5) is 0 Å². The molecule has 0 bridgehead atoms. The van der Waals surface area contributed by atoms with Crippen molar-refractivity contribution in [2.45, 2.75) is 19.3 Å². The molecule has 0 saturated carbocycles. The van der Waals surface area contributed by atoms with Gasteiger partial charge in [0.25, 0.3) is 0 Å². The quantitative estimate of drug-likeness (QED) is 0.649. The lowest BCUT2D eigenvalue weighted by molar-refractivity contribution is 0.194. The number of aliphatic imine (C=N–C) groups is 1. The van der Waals surface area contributed by atoms with Crippen molar-refractivity contribution in [1.29, 1.82) is 5.26 Å². The Morgan fingerprint density at radius 3 is 2.73 bits per heavy atom. The number of nitrogens with zero attached hydrogens (tertiary/aromatic N) is 3. The van der Waals surface area contributed by atoms with Crippen LogP contribution in [0.15, 0.2) is 16.6 Å². The van der Waals surface area contributed by atoms with Crippen LogP contribution in [-0.4, -0.2) is 37.8 Å². The summed E-state index contributed by atoms with van der Waals surface area (Å²) in [4.78, 5) is 6.48. The summed E-state index contributed by atoms with van der Waals surface area (Å²) in [7, 11) is 2.12. The highest BCUT2D eigenvalue weighted by Gasteiger charge is 2.37. The maximum atomic E-state index is 9.43. The van der Waals surface area contributed by atoms with E-state index in [9.17, 15) is 5.26 Å². The molecule has 0 radical (unpaired) electrons. The van der Waals surface area contributed by atoms with Crippen LogP contribution < -0.4 is 0 Å². The van der Waals surface area contributed by atoms with Crippen LogP contribution in [0.1, 0.15) is 19.3 Å². The molecule has 3 heteroatoms. The first-order chi connectivity index (χ1) is 7.27. The average molecular weight is 203 g/mol. The summed E-state index contributed by atoms with van der Waals surface area (Å²) in [6.45, 7) is 2.91. The minimum Gasteiger partial charge on any atom is -0.306 e. The highest BCUT2D eigenvalue weighted by Crippen LogP contribution is 2.39. The molecule has 0 aromatic heterocycles. The molecule has 0 amide bonds. The molecule has 0 atom stereocenters. The standard InChI is InChI=1S/C12H17N3/c1-15-8-4-12(10-13,5-9-15)11-2-6-14-7-3-11/h2,6H,3-5,7-9H2,1H3. The fraction of sp³-hybridized carbons (Fsp3) is 0.667. The molecule has 1 saturated heterocycles. The summed E-state index contributed by atoms with van der Waals surface area (Å²) >= 11 is 0. The van der Waals surface area contributed by atoms with E-state index < -0.39 is 0 Å². The number of hydrogen-bond acceptors (Lipinski definition) is 3. The van der Waals surface area contributed by atoms with Crippen LogP contribution in [0.5, 0.6) is 0 Å². The molecule has 2 heterocycles. The molecule has 1 fully saturated rings. The van der Waals surface area contributed by atoms with Crippen LogP contribution in [-0.2, 0) is 0 Å². The fourth-order valence-corrected chi connectivity index (χ4v) is 2.39. The molecule has 0 N–H and O–H groups in total. The number of likely N-dealkylation sites (tertiary alicyclic amines) is 1. The minimum atomic E-state index is -0.195. The first-order valence-electron chi connectivity index (χ1n) is 5.56. The summed E-state index contributed by atoms with van der Waals surface area (Å²) in [5.41, 5.74) is 1.10. The Kier molecular flexibility index (Phi) is 2.88. The van der Waals surface area contributed by atoms with Crippen LogP contribution >= 0.6 is 0 Å². The fourth-order valence-electron chi connectivity index (χ4n) is 2.39. The number of rotatable bonds is 1. The molecule has 0 aromatic carbocycles. The van der Waals surface area contributed by atoms with Crippen molar-refractivity contribution >= 4 is 6.21 Å². The zero-order valence-corrected chi connectivity index (χ0v) is 9.24. The Morgan fingerprint density at radius 2 is 2.20 bits per heavy atom. The van der Waals surface area contributed by atoms with Crippen molar-refractivity contribution in [3.8, 4) is 6.07 Å². The lowest BCUT2D eigenvalue weighted by Gasteiger charge is -2.37. The third kappa shape index (κ3) is 1.95. The van der Waals surface area contributed by atoms with Gasteiger partial charge >= 0.3 is 0 Å². The van der Waals surface area contributed by atoms with Gasteiger partial charge in [-0.25, -0.2) is 0 Å². The normalized spacial score (nSPS) is 25.7. The third-order valence-electron chi connectivity index (χ3n) is 3.56. The van der Waals surface area contributed by atoms with Gasteiger partial charge in [-0.15, -0.1) is 0 Å². The smallest absolute Gasteiger partial charge is 0.0811 e. The van der Waals surface area contributed by atoms with Gasteiger partial charge in [-0.3, -0.25) is 4.99 Å². The van der Waals surface area contributed by atoms with E-state index in [2.05, 4.69) is 29.1 Å². The zero-order chi connectivity index (χ0) is 10.7. The van der Waals surface area contributed by atoms with Gasteiger partial charge in [-0.2, -0.15) is 5.26 Å². The molecular formula is C12H17N3. The van der Waals surface area contributed by atoms with E-state index in [1.165, 1.54) is 5.57 Å². The van der Waals surface area contributed by atoms with Crippen LogP contribution in [0.3, 0.4) is 0 Å². The second-order valence-electron chi connectivity index (χ2n) is 4.49. The van der Waals surface area contributed by atoms with E-state index >= 15 is 0 Å². The van der Waals surface area contributed by atoms with Gasteiger partial charge in [0.2, 0.25) is 0 Å². The van der Waals surface area contributed by atoms with E-state index in [1.54, 1.807) is 0 Å². The molecule has 2 rings (SSSR count). The second-order valence-corrected chi connectivity index (χ2v) is 4.49. The average Bonchev–Trinajstić information content (AvgIpc) is 2.32. The van der Waals surface area contributed by atoms with Gasteiger partial charge in [-0.05, 0) is 51.0 Å². The summed E-state index contributed by atoms with van der Waals surface area (Å²) in [5.74, 6) is 0. The lowest BCUT2D eigenvalue weighted by Crippen LogP contribution is -2.38. The van der Waals surface area contributed by atoms with Crippen molar-refractivity contribution in [2.75, 3.05) is 26.7 Å². The van der Waals surface area contributed by atoms with E-state index in [0.717, 1.165) is 38.9 Å². The Bertz CT molecular complexity index is 327. The van der Waals surface area contributed by atoms with E-state index in [0.29, 0.717) is 0 Å². The number of nitriles is 1. The largest absolute Gasteiger partial charge is 0.306 e. The minimum absolute atomic E-state index is 0.195. The predicted octanol–water partition coefficient (Wildman–Crippen LogP) is 1.62. The summed E-state index contributed by atoms with van der Waals surface area (Å²) in [6, 6.07) is 2.55. The Balaban J connectivity index is 2.19. The van der Waals surface area contributed by atoms with Gasteiger partial charge in [0.05, 0.1) is 11.5 Å². The molecular weight excluding hydrogens is 186 g/mol. The molecule has 2 aliphatic heterocycles. The summed E-state index contributed by atoms with van der Waals surface area (Å²) < 4.78 is 0. The first-order valence-corrected chi connectivity index (χ1v) is 5.56. The lowest BCUT2D eigenvalue weighted by atomic mass is 9.72. The van der Waals surface area contributed by atoms with Crippen LogP contribution in [0.2, 0.25) is 0 Å². The Morgan fingerprint density at radius 1 is 1.47 bits per heavy atom. The second kappa shape index (κ2) is 4.16. The van der Waals surface area contributed by atoms with E-state index in [-0.39, 0.29) is 5.41 Å². The number of allylic oxidation sites excluding steroid dienone is 1. The van der Waals surface area contributed by atoms with Crippen molar-refractivity contribution in [2.24, 2.45) is 10.4 Å². The molecule has 0 aromatic rings. The van der Waals surface area contributed by atoms with Crippen molar-refractivity contribution in [3.05, 3.63) is 11.6 Å². The number of piperidine rings is 1.